The molecule has 0 aliphatic carbocycles. The number of aryl methyl sites for hydroxylation is 2. The maximum Gasteiger partial charge on any atom is 0.323 e. The van der Waals surface area contributed by atoms with Crippen molar-refractivity contribution in [2.75, 3.05) is 0 Å². The van der Waals surface area contributed by atoms with Crippen LogP contribution in [0.4, 0.5) is 0 Å². The predicted molar refractivity (Wildman–Crippen MR) is 75.1 cm³/mol. The molecule has 108 valence electrons. The van der Waals surface area contributed by atoms with Gasteiger partial charge in [0, 0.05) is 13.1 Å². The zero-order valence-corrected chi connectivity index (χ0v) is 12.4. The van der Waals surface area contributed by atoms with Crippen molar-refractivity contribution in [2.45, 2.75) is 65.6 Å². The maximum atomic E-state index is 11.4. The molecular weight excluding hydrogens is 242 g/mol. The van der Waals surface area contributed by atoms with Crippen molar-refractivity contribution in [1.82, 2.24) is 15.1 Å². The molecule has 0 amide bonds. The van der Waals surface area contributed by atoms with Crippen molar-refractivity contribution in [3.8, 4) is 0 Å². The second kappa shape index (κ2) is 6.70. The van der Waals surface area contributed by atoms with Gasteiger partial charge in [0.2, 0.25) is 0 Å². The lowest BCUT2D eigenvalue weighted by Crippen LogP contribution is -2.49. The van der Waals surface area contributed by atoms with Gasteiger partial charge in [0.25, 0.3) is 0 Å². The fraction of sp³-hybridized carbons (Fsp3) is 0.714. The number of nitrogens with one attached hydrogen (secondary N) is 1. The lowest BCUT2D eigenvalue weighted by Gasteiger charge is -2.26. The Hall–Kier alpha value is -1.36. The average Bonchev–Trinajstić information content (AvgIpc) is 2.79. The van der Waals surface area contributed by atoms with Crippen molar-refractivity contribution in [3.05, 3.63) is 17.5 Å². The van der Waals surface area contributed by atoms with E-state index in [2.05, 4.69) is 17.3 Å². The Morgan fingerprint density at radius 1 is 1.47 bits per heavy atom. The highest BCUT2D eigenvalue weighted by molar-refractivity contribution is 5.78. The summed E-state index contributed by atoms with van der Waals surface area (Å²) in [6.07, 6.45) is 2.34. The number of nitrogens with zero attached hydrogens (tertiary/aromatic N) is 2. The average molecular weight is 267 g/mol. The number of aliphatic carboxylic acids is 1. The van der Waals surface area contributed by atoms with Crippen LogP contribution in [0.3, 0.4) is 0 Å². The number of hydrogen-bond donors (Lipinski definition) is 2. The standard InChI is InChI=1S/C14H25N3O2/c1-5-8-14(4,13(18)19)15-10-12-9-11(6-2)16-17(12)7-3/h9,15H,5-8,10H2,1-4H3,(H,18,19). The molecule has 1 aromatic heterocycles. The fourth-order valence-corrected chi connectivity index (χ4v) is 2.16. The van der Waals surface area contributed by atoms with Crippen molar-refractivity contribution in [1.29, 1.82) is 0 Å². The molecule has 0 radical (unpaired) electrons. The summed E-state index contributed by atoms with van der Waals surface area (Å²) in [5.74, 6) is -0.798. The van der Waals surface area contributed by atoms with Crippen molar-refractivity contribution < 1.29 is 9.90 Å². The molecule has 0 saturated carbocycles. The SMILES string of the molecule is CCCC(C)(NCc1cc(CC)nn1CC)C(=O)O. The molecule has 1 aromatic rings. The smallest absolute Gasteiger partial charge is 0.323 e. The van der Waals surface area contributed by atoms with Crippen LogP contribution in [0.15, 0.2) is 6.07 Å². The number of carbonyl (C=O) groups is 1. The Labute approximate surface area is 115 Å². The first-order valence-corrected chi connectivity index (χ1v) is 7.00. The molecule has 0 fully saturated rings. The number of carboxylic acid groups (broad SMARTS) is 1. The molecule has 1 unspecified atom stereocenters. The molecular formula is C14H25N3O2. The molecule has 1 atom stereocenters. The van der Waals surface area contributed by atoms with E-state index in [-0.39, 0.29) is 0 Å². The molecule has 5 nitrogen and oxygen atoms in total. The van der Waals surface area contributed by atoms with E-state index in [0.717, 1.165) is 30.8 Å². The Morgan fingerprint density at radius 3 is 2.63 bits per heavy atom. The number of hydrogen-bond acceptors (Lipinski definition) is 3. The molecule has 0 spiro atoms. The van der Waals surface area contributed by atoms with Crippen molar-refractivity contribution in [3.63, 3.8) is 0 Å². The first-order valence-electron chi connectivity index (χ1n) is 7.00. The third-order valence-corrected chi connectivity index (χ3v) is 3.46. The Kier molecular flexibility index (Phi) is 5.54. The molecule has 19 heavy (non-hydrogen) atoms. The quantitative estimate of drug-likeness (QED) is 0.757. The molecule has 2 N–H and O–H groups in total. The minimum atomic E-state index is -0.871. The monoisotopic (exact) mass is 267 g/mol. The molecule has 0 aliphatic heterocycles. The largest absolute Gasteiger partial charge is 0.480 e. The van der Waals surface area contributed by atoms with E-state index >= 15 is 0 Å². The number of carboxylic acids is 1. The zero-order chi connectivity index (χ0) is 14.5. The van der Waals surface area contributed by atoms with E-state index in [1.165, 1.54) is 0 Å². The van der Waals surface area contributed by atoms with Gasteiger partial charge in [0.05, 0.1) is 11.4 Å². The first kappa shape index (κ1) is 15.7. The van der Waals surface area contributed by atoms with E-state index in [1.807, 2.05) is 24.6 Å². The van der Waals surface area contributed by atoms with E-state index in [9.17, 15) is 9.90 Å². The van der Waals surface area contributed by atoms with Crippen molar-refractivity contribution in [2.24, 2.45) is 0 Å². The molecule has 1 rings (SSSR count). The van der Waals surface area contributed by atoms with Crippen LogP contribution in [0.5, 0.6) is 0 Å². The molecule has 0 bridgehead atoms. The zero-order valence-electron chi connectivity index (χ0n) is 12.4. The summed E-state index contributed by atoms with van der Waals surface area (Å²) in [4.78, 5) is 11.4. The summed E-state index contributed by atoms with van der Waals surface area (Å²) in [6, 6.07) is 2.05. The molecule has 5 heteroatoms. The second-order valence-electron chi connectivity index (χ2n) is 5.04. The van der Waals surface area contributed by atoms with Gasteiger partial charge in [0.1, 0.15) is 5.54 Å². The first-order chi connectivity index (χ1) is 8.96. The normalized spacial score (nSPS) is 14.3. The number of rotatable bonds is 8. The summed E-state index contributed by atoms with van der Waals surface area (Å²) in [5.41, 5.74) is 1.22. The lowest BCUT2D eigenvalue weighted by atomic mass is 9.96. The number of aromatic nitrogens is 2. The van der Waals surface area contributed by atoms with Crippen LogP contribution in [0.2, 0.25) is 0 Å². The maximum absolute atomic E-state index is 11.4. The fourth-order valence-electron chi connectivity index (χ4n) is 2.16. The highest BCUT2D eigenvalue weighted by atomic mass is 16.4. The van der Waals surface area contributed by atoms with Gasteiger partial charge in [-0.25, -0.2) is 0 Å². The molecule has 0 aliphatic rings. The van der Waals surface area contributed by atoms with E-state index in [0.29, 0.717) is 13.0 Å². The van der Waals surface area contributed by atoms with Crippen LogP contribution < -0.4 is 5.32 Å². The van der Waals surface area contributed by atoms with E-state index in [1.54, 1.807) is 6.92 Å². The summed E-state index contributed by atoms with van der Waals surface area (Å²) in [7, 11) is 0. The predicted octanol–water partition coefficient (Wildman–Crippen LogP) is 2.20. The minimum absolute atomic E-state index is 0.531. The Bertz CT molecular complexity index is 428. The Balaban J connectivity index is 2.79. The van der Waals surface area contributed by atoms with Gasteiger partial charge < -0.3 is 5.11 Å². The van der Waals surface area contributed by atoms with Gasteiger partial charge >= 0.3 is 5.97 Å². The van der Waals surface area contributed by atoms with Crippen LogP contribution in [0.25, 0.3) is 0 Å². The highest BCUT2D eigenvalue weighted by Gasteiger charge is 2.31. The molecule has 1 heterocycles. The van der Waals surface area contributed by atoms with Gasteiger partial charge in [-0.15, -0.1) is 0 Å². The van der Waals surface area contributed by atoms with Gasteiger partial charge in [0.15, 0.2) is 0 Å². The summed E-state index contributed by atoms with van der Waals surface area (Å²) in [6.45, 7) is 9.18. The summed E-state index contributed by atoms with van der Waals surface area (Å²) >= 11 is 0. The summed E-state index contributed by atoms with van der Waals surface area (Å²) < 4.78 is 1.93. The van der Waals surface area contributed by atoms with Gasteiger partial charge in [-0.05, 0) is 32.8 Å². The van der Waals surface area contributed by atoms with Crippen molar-refractivity contribution >= 4 is 5.97 Å². The van der Waals surface area contributed by atoms with Crippen LogP contribution in [-0.2, 0) is 24.3 Å². The van der Waals surface area contributed by atoms with Gasteiger partial charge in [-0.1, -0.05) is 20.3 Å². The van der Waals surface area contributed by atoms with Gasteiger partial charge in [-0.2, -0.15) is 5.10 Å². The second-order valence-corrected chi connectivity index (χ2v) is 5.04. The minimum Gasteiger partial charge on any atom is -0.480 e. The van der Waals surface area contributed by atoms with Gasteiger partial charge in [-0.3, -0.25) is 14.8 Å². The lowest BCUT2D eigenvalue weighted by molar-refractivity contribution is -0.144. The Morgan fingerprint density at radius 2 is 2.16 bits per heavy atom. The van der Waals surface area contributed by atoms with Crippen LogP contribution in [0.1, 0.15) is 51.9 Å². The van der Waals surface area contributed by atoms with Crippen LogP contribution in [0, 0.1) is 0 Å². The summed E-state index contributed by atoms with van der Waals surface area (Å²) in [5, 5.41) is 17.0. The third kappa shape index (κ3) is 3.80. The third-order valence-electron chi connectivity index (χ3n) is 3.46. The highest BCUT2D eigenvalue weighted by Crippen LogP contribution is 2.14. The topological polar surface area (TPSA) is 67.2 Å². The molecule has 0 aromatic carbocycles. The van der Waals surface area contributed by atoms with Crippen LogP contribution in [-0.4, -0.2) is 26.4 Å². The van der Waals surface area contributed by atoms with E-state index < -0.39 is 11.5 Å². The van der Waals surface area contributed by atoms with E-state index in [4.69, 9.17) is 0 Å². The van der Waals surface area contributed by atoms with Crippen LogP contribution >= 0.6 is 0 Å². The molecule has 0 saturated heterocycles.